The molecule has 0 aliphatic heterocycles. The summed E-state index contributed by atoms with van der Waals surface area (Å²) < 4.78 is 8.55. The fourth-order valence-corrected chi connectivity index (χ4v) is 1.44. The van der Waals surface area contributed by atoms with E-state index in [9.17, 15) is 39.6 Å². The van der Waals surface area contributed by atoms with E-state index in [-0.39, 0.29) is 220 Å². The second-order valence-electron chi connectivity index (χ2n) is 4.36. The van der Waals surface area contributed by atoms with E-state index in [2.05, 4.69) is 0 Å². The summed E-state index contributed by atoms with van der Waals surface area (Å²) in [6.45, 7) is -3.25. The number of aliphatic carboxylic acids is 4. The summed E-state index contributed by atoms with van der Waals surface area (Å²) in [5, 5.41) is 41.6. The topological polar surface area (TPSA) is 253 Å². The van der Waals surface area contributed by atoms with Crippen molar-refractivity contribution < 1.29 is 266 Å². The van der Waals surface area contributed by atoms with Gasteiger partial charge in [-0.2, -0.15) is 7.82 Å². The molecule has 0 heterocycles. The van der Waals surface area contributed by atoms with Gasteiger partial charge in [-0.15, -0.1) is 0 Å². The molecule has 0 aliphatic rings. The Labute approximate surface area is 339 Å². The molecular formula is C10H12N2Na7O12P. The number of carboxylic acid groups (broad SMARTS) is 4. The fraction of sp³-hybridized carbons (Fsp3) is 0.600. The molecule has 14 nitrogen and oxygen atoms in total. The summed E-state index contributed by atoms with van der Waals surface area (Å²) in [5.41, 5.74) is 0. The summed E-state index contributed by atoms with van der Waals surface area (Å²) in [6, 6.07) is 0. The first-order chi connectivity index (χ1) is 11.2. The fourth-order valence-electron chi connectivity index (χ4n) is 1.44. The maximum absolute atomic E-state index is 10.4. The van der Waals surface area contributed by atoms with Crippen LogP contribution in [0, 0.1) is 0 Å². The number of carbonyl (C=O) groups excluding carboxylic acids is 4. The van der Waals surface area contributed by atoms with Crippen LogP contribution in [-0.4, -0.2) is 72.9 Å². The van der Waals surface area contributed by atoms with Crippen LogP contribution in [0.5, 0.6) is 0 Å². The van der Waals surface area contributed by atoms with Crippen LogP contribution in [0.4, 0.5) is 0 Å². The Morgan fingerprint density at radius 2 is 0.625 bits per heavy atom. The molecule has 0 rings (SSSR count). The standard InChI is InChI=1S/C10H16N2O8.7Na.H3O4P/c13-7(14)3-11(4-8(15)16)1-2-12(5-9(17)18)6-10(19)20;;;;;;;;1-5(2,3)4/h1-6H2,(H,13,14)(H,15,16)(H,17,18)(H,19,20);;;;;;;;(H3,1,2,3,4)/q;7*+1;/p-7. The van der Waals surface area contributed by atoms with E-state index >= 15 is 0 Å². The van der Waals surface area contributed by atoms with Crippen LogP contribution in [0.15, 0.2) is 0 Å². The average molecular weight is 544 g/mol. The maximum Gasteiger partial charge on any atom is 1.00 e. The van der Waals surface area contributed by atoms with Gasteiger partial charge in [0.25, 0.3) is 0 Å². The van der Waals surface area contributed by atoms with Gasteiger partial charge in [-0.1, -0.05) is 0 Å². The quantitative estimate of drug-likeness (QED) is 0.173. The van der Waals surface area contributed by atoms with Crippen molar-refractivity contribution in [1.82, 2.24) is 9.80 Å². The SMILES string of the molecule is O=C([O-])CN(CCN(CC(=O)[O-])CC(=O)[O-])CC(=O)[O-].O=P([O-])([O-])[O-].[Na+].[Na+].[Na+].[Na+].[Na+].[Na+].[Na+]. The smallest absolute Gasteiger partial charge is 0.822 e. The predicted molar refractivity (Wildman–Crippen MR) is 60.5 cm³/mol. The molecule has 0 amide bonds. The van der Waals surface area contributed by atoms with Crippen molar-refractivity contribution in [3.05, 3.63) is 0 Å². The summed E-state index contributed by atoms with van der Waals surface area (Å²) in [6.07, 6.45) is 0. The van der Waals surface area contributed by atoms with Crippen LogP contribution in [0.25, 0.3) is 0 Å². The second kappa shape index (κ2) is 35.9. The number of phosphoric acid groups is 1. The number of rotatable bonds is 11. The Morgan fingerprint density at radius 3 is 0.719 bits per heavy atom. The van der Waals surface area contributed by atoms with Crippen molar-refractivity contribution >= 4 is 31.7 Å². The van der Waals surface area contributed by atoms with Gasteiger partial charge in [0, 0.05) is 39.3 Å². The second-order valence-corrected chi connectivity index (χ2v) is 5.25. The molecule has 0 spiro atoms. The van der Waals surface area contributed by atoms with Crippen molar-refractivity contribution in [1.29, 1.82) is 0 Å². The molecule has 0 saturated carbocycles. The van der Waals surface area contributed by atoms with Crippen LogP contribution in [0.1, 0.15) is 0 Å². The van der Waals surface area contributed by atoms with Crippen molar-refractivity contribution in [3.63, 3.8) is 0 Å². The minimum atomic E-state index is -5.39. The van der Waals surface area contributed by atoms with Crippen molar-refractivity contribution in [2.24, 2.45) is 0 Å². The predicted octanol–water partition coefficient (Wildman–Crippen LogP) is -31.2. The van der Waals surface area contributed by atoms with Gasteiger partial charge in [-0.3, -0.25) is 9.80 Å². The number of carboxylic acids is 4. The van der Waals surface area contributed by atoms with Gasteiger partial charge in [0.2, 0.25) is 0 Å². The largest absolute Gasteiger partial charge is 1.00 e. The molecule has 0 aromatic rings. The molecule has 0 unspecified atom stereocenters. The van der Waals surface area contributed by atoms with Gasteiger partial charge >= 0.3 is 207 Å². The molecule has 0 atom stereocenters. The summed E-state index contributed by atoms with van der Waals surface area (Å²) >= 11 is 0. The average Bonchev–Trinajstić information content (AvgIpc) is 2.30. The first kappa shape index (κ1) is 61.1. The molecule has 146 valence electrons. The zero-order valence-corrected chi connectivity index (χ0v) is 34.4. The Morgan fingerprint density at radius 1 is 0.500 bits per heavy atom. The first-order valence-electron chi connectivity index (χ1n) is 6.17. The van der Waals surface area contributed by atoms with E-state index in [1.165, 1.54) is 0 Å². The van der Waals surface area contributed by atoms with Crippen LogP contribution in [-0.2, 0) is 23.7 Å². The summed E-state index contributed by atoms with van der Waals surface area (Å²) in [4.78, 5) is 69.1. The Kier molecular flexibility index (Phi) is 68.6. The molecule has 22 heteroatoms. The van der Waals surface area contributed by atoms with Gasteiger partial charge < -0.3 is 58.8 Å². The third kappa shape index (κ3) is 59.8. The molecule has 32 heavy (non-hydrogen) atoms. The van der Waals surface area contributed by atoms with E-state index in [4.69, 9.17) is 19.2 Å². The maximum atomic E-state index is 10.4. The Hall–Kier alpha value is 4.91. The molecular weight excluding hydrogens is 532 g/mol. The third-order valence-electron chi connectivity index (χ3n) is 2.14. The van der Waals surface area contributed by atoms with Gasteiger partial charge in [0.05, 0.1) is 23.9 Å². The minimum absolute atomic E-state index is 0. The zero-order chi connectivity index (χ0) is 20.2. The molecule has 0 saturated heterocycles. The van der Waals surface area contributed by atoms with Crippen LogP contribution in [0.3, 0.4) is 0 Å². The normalized spacial score (nSPS) is 8.53. The van der Waals surface area contributed by atoms with Crippen LogP contribution >= 0.6 is 7.82 Å². The molecule has 0 aromatic heterocycles. The zero-order valence-electron chi connectivity index (χ0n) is 19.5. The minimum Gasteiger partial charge on any atom is -0.822 e. The number of carbonyl (C=O) groups is 4. The van der Waals surface area contributed by atoms with E-state index in [1.54, 1.807) is 0 Å². The summed E-state index contributed by atoms with van der Waals surface area (Å²) in [7, 11) is -5.39. The van der Waals surface area contributed by atoms with Gasteiger partial charge in [0.1, 0.15) is 0 Å². The van der Waals surface area contributed by atoms with Crippen molar-refractivity contribution in [2.75, 3.05) is 39.3 Å². The van der Waals surface area contributed by atoms with Crippen molar-refractivity contribution in [3.8, 4) is 0 Å². The molecule has 0 aliphatic carbocycles. The Bertz CT molecular complexity index is 466. The van der Waals surface area contributed by atoms with E-state index in [1.807, 2.05) is 0 Å². The van der Waals surface area contributed by atoms with E-state index < -0.39 is 57.9 Å². The third-order valence-corrected chi connectivity index (χ3v) is 2.14. The van der Waals surface area contributed by atoms with E-state index in [0.29, 0.717) is 0 Å². The molecule has 0 bridgehead atoms. The molecule has 0 fully saturated rings. The van der Waals surface area contributed by atoms with Crippen molar-refractivity contribution in [2.45, 2.75) is 0 Å². The molecule has 0 radical (unpaired) electrons. The monoisotopic (exact) mass is 544 g/mol. The molecule has 0 aromatic carbocycles. The number of hydrogen-bond donors (Lipinski definition) is 0. The number of nitrogens with zero attached hydrogens (tertiary/aromatic N) is 2. The van der Waals surface area contributed by atoms with Gasteiger partial charge in [-0.05, 0) is 0 Å². The van der Waals surface area contributed by atoms with E-state index in [0.717, 1.165) is 9.80 Å². The first-order valence-corrected chi connectivity index (χ1v) is 7.64. The summed E-state index contributed by atoms with van der Waals surface area (Å²) in [5.74, 6) is -6.12. The van der Waals surface area contributed by atoms with Gasteiger partial charge in [0.15, 0.2) is 0 Å². The Balaban J connectivity index is -0.0000000569. The molecule has 0 N–H and O–H groups in total. The van der Waals surface area contributed by atoms with Crippen LogP contribution < -0.4 is 242 Å². The van der Waals surface area contributed by atoms with Gasteiger partial charge in [-0.25, -0.2) is 0 Å². The number of hydrogen-bond acceptors (Lipinski definition) is 14. The van der Waals surface area contributed by atoms with Crippen LogP contribution in [0.2, 0.25) is 0 Å².